The van der Waals surface area contributed by atoms with Gasteiger partial charge in [0, 0.05) is 12.1 Å². The molecule has 0 aliphatic heterocycles. The van der Waals surface area contributed by atoms with Crippen LogP contribution in [0, 0.1) is 6.92 Å². The van der Waals surface area contributed by atoms with Crippen LogP contribution in [-0.4, -0.2) is 16.7 Å². The second-order valence-electron chi connectivity index (χ2n) is 4.91. The Kier molecular flexibility index (Phi) is 3.48. The van der Waals surface area contributed by atoms with E-state index in [9.17, 15) is 0 Å². The lowest BCUT2D eigenvalue weighted by molar-refractivity contribution is 0.291. The average Bonchev–Trinajstić information content (AvgIpc) is 2.88. The molecule has 1 unspecified atom stereocenters. The first-order valence-electron chi connectivity index (χ1n) is 6.20. The van der Waals surface area contributed by atoms with E-state index in [1.807, 2.05) is 38.1 Å². The first-order valence-corrected chi connectivity index (χ1v) is 6.20. The van der Waals surface area contributed by atoms with E-state index in [-0.39, 0.29) is 5.41 Å². The molecule has 2 aromatic rings. The molecule has 2 rings (SSSR count). The van der Waals surface area contributed by atoms with Crippen molar-refractivity contribution in [1.82, 2.24) is 10.1 Å². The summed E-state index contributed by atoms with van der Waals surface area (Å²) in [4.78, 5) is 4.48. The quantitative estimate of drug-likeness (QED) is 0.899. The highest BCUT2D eigenvalue weighted by atomic mass is 16.5. The molecule has 0 radical (unpaired) electrons. The van der Waals surface area contributed by atoms with Gasteiger partial charge in [0.05, 0.1) is 5.41 Å². The van der Waals surface area contributed by atoms with Crippen molar-refractivity contribution in [3.8, 4) is 11.4 Å². The summed E-state index contributed by atoms with van der Waals surface area (Å²) in [6.07, 6.45) is 0.874. The Labute approximate surface area is 107 Å². The third-order valence-corrected chi connectivity index (χ3v) is 3.45. The van der Waals surface area contributed by atoms with Crippen LogP contribution in [0.4, 0.5) is 0 Å². The van der Waals surface area contributed by atoms with Crippen LogP contribution in [0.1, 0.15) is 31.7 Å². The van der Waals surface area contributed by atoms with Crippen LogP contribution in [0.2, 0.25) is 0 Å². The fourth-order valence-corrected chi connectivity index (χ4v) is 1.75. The van der Waals surface area contributed by atoms with Gasteiger partial charge in [0.1, 0.15) is 0 Å². The number of aryl methyl sites for hydroxylation is 1. The van der Waals surface area contributed by atoms with Crippen molar-refractivity contribution in [3.63, 3.8) is 0 Å². The van der Waals surface area contributed by atoms with Gasteiger partial charge in [-0.1, -0.05) is 35.8 Å². The van der Waals surface area contributed by atoms with E-state index in [2.05, 4.69) is 17.1 Å². The van der Waals surface area contributed by atoms with Crippen molar-refractivity contribution in [2.75, 3.05) is 6.54 Å². The van der Waals surface area contributed by atoms with Crippen molar-refractivity contribution in [2.45, 2.75) is 32.6 Å². The fraction of sp³-hybridized carbons (Fsp3) is 0.429. The zero-order chi connectivity index (χ0) is 13.2. The minimum atomic E-state index is -0.241. The van der Waals surface area contributed by atoms with E-state index in [1.54, 1.807) is 0 Å². The number of aromatic nitrogens is 2. The van der Waals surface area contributed by atoms with Crippen LogP contribution < -0.4 is 5.73 Å². The Bertz CT molecular complexity index is 529. The molecule has 0 spiro atoms. The molecule has 1 atom stereocenters. The number of benzene rings is 1. The number of rotatable bonds is 4. The van der Waals surface area contributed by atoms with Gasteiger partial charge in [0.25, 0.3) is 0 Å². The molecule has 4 nitrogen and oxygen atoms in total. The fourth-order valence-electron chi connectivity index (χ4n) is 1.75. The Morgan fingerprint density at radius 3 is 2.78 bits per heavy atom. The molecule has 18 heavy (non-hydrogen) atoms. The second-order valence-corrected chi connectivity index (χ2v) is 4.91. The number of hydrogen-bond acceptors (Lipinski definition) is 4. The highest BCUT2D eigenvalue weighted by Crippen LogP contribution is 2.27. The van der Waals surface area contributed by atoms with Gasteiger partial charge in [0.15, 0.2) is 0 Å². The Hall–Kier alpha value is -1.68. The van der Waals surface area contributed by atoms with Crippen molar-refractivity contribution in [1.29, 1.82) is 0 Å². The lowest BCUT2D eigenvalue weighted by atomic mass is 9.88. The van der Waals surface area contributed by atoms with Gasteiger partial charge in [-0.3, -0.25) is 0 Å². The zero-order valence-electron chi connectivity index (χ0n) is 11.1. The Morgan fingerprint density at radius 1 is 1.39 bits per heavy atom. The monoisotopic (exact) mass is 245 g/mol. The largest absolute Gasteiger partial charge is 0.338 e. The van der Waals surface area contributed by atoms with Gasteiger partial charge in [-0.2, -0.15) is 4.98 Å². The van der Waals surface area contributed by atoms with Crippen molar-refractivity contribution < 1.29 is 4.52 Å². The van der Waals surface area contributed by atoms with Crippen LogP contribution in [-0.2, 0) is 5.41 Å². The summed E-state index contributed by atoms with van der Waals surface area (Å²) in [5.41, 5.74) is 7.70. The highest BCUT2D eigenvalue weighted by molar-refractivity contribution is 5.55. The minimum Gasteiger partial charge on any atom is -0.338 e. The van der Waals surface area contributed by atoms with Gasteiger partial charge in [0.2, 0.25) is 11.7 Å². The summed E-state index contributed by atoms with van der Waals surface area (Å²) in [6.45, 7) is 6.66. The van der Waals surface area contributed by atoms with Gasteiger partial charge < -0.3 is 10.3 Å². The molecule has 1 heterocycles. The van der Waals surface area contributed by atoms with Gasteiger partial charge in [-0.25, -0.2) is 0 Å². The van der Waals surface area contributed by atoms with E-state index < -0.39 is 0 Å². The third-order valence-electron chi connectivity index (χ3n) is 3.45. The molecule has 0 aliphatic carbocycles. The lowest BCUT2D eigenvalue weighted by Gasteiger charge is -2.20. The molecular weight excluding hydrogens is 226 g/mol. The standard InChI is InChI=1S/C14H19N3O/c1-4-14(3,9-15)13-16-12(17-18-13)11-7-5-6-10(2)8-11/h5-8H,4,9,15H2,1-3H3. The van der Waals surface area contributed by atoms with Crippen LogP contribution >= 0.6 is 0 Å². The van der Waals surface area contributed by atoms with Crippen molar-refractivity contribution in [2.24, 2.45) is 5.73 Å². The van der Waals surface area contributed by atoms with Gasteiger partial charge in [-0.05, 0) is 26.3 Å². The summed E-state index contributed by atoms with van der Waals surface area (Å²) in [5.74, 6) is 1.24. The van der Waals surface area contributed by atoms with Crippen molar-refractivity contribution >= 4 is 0 Å². The van der Waals surface area contributed by atoms with Crippen LogP contribution in [0.15, 0.2) is 28.8 Å². The lowest BCUT2D eigenvalue weighted by Crippen LogP contribution is -2.31. The third kappa shape index (κ3) is 2.29. The zero-order valence-corrected chi connectivity index (χ0v) is 11.1. The molecule has 0 saturated carbocycles. The molecular formula is C14H19N3O. The van der Waals surface area contributed by atoms with E-state index in [0.717, 1.165) is 12.0 Å². The Morgan fingerprint density at radius 2 is 2.17 bits per heavy atom. The average molecular weight is 245 g/mol. The first kappa shape index (κ1) is 12.8. The molecule has 0 bridgehead atoms. The van der Waals surface area contributed by atoms with E-state index in [0.29, 0.717) is 18.3 Å². The summed E-state index contributed by atoms with van der Waals surface area (Å²) < 4.78 is 5.36. The van der Waals surface area contributed by atoms with Crippen LogP contribution in [0.25, 0.3) is 11.4 Å². The molecule has 1 aromatic carbocycles. The Balaban J connectivity index is 2.36. The summed E-state index contributed by atoms with van der Waals surface area (Å²) in [5, 5.41) is 4.05. The summed E-state index contributed by atoms with van der Waals surface area (Å²) in [6, 6.07) is 8.05. The number of hydrogen-bond donors (Lipinski definition) is 1. The van der Waals surface area contributed by atoms with Gasteiger partial charge in [-0.15, -0.1) is 0 Å². The maximum Gasteiger partial charge on any atom is 0.234 e. The van der Waals surface area contributed by atoms with Gasteiger partial charge >= 0.3 is 0 Å². The molecule has 1 aromatic heterocycles. The number of nitrogens with zero attached hydrogens (tertiary/aromatic N) is 2. The predicted octanol–water partition coefficient (Wildman–Crippen LogP) is 2.67. The number of nitrogens with two attached hydrogens (primary N) is 1. The molecule has 0 amide bonds. The first-order chi connectivity index (χ1) is 8.59. The van der Waals surface area contributed by atoms with E-state index >= 15 is 0 Å². The molecule has 0 aliphatic rings. The maximum absolute atomic E-state index is 5.79. The van der Waals surface area contributed by atoms with Crippen molar-refractivity contribution in [3.05, 3.63) is 35.7 Å². The van der Waals surface area contributed by atoms with Crippen LogP contribution in [0.5, 0.6) is 0 Å². The van der Waals surface area contributed by atoms with E-state index in [4.69, 9.17) is 10.3 Å². The van der Waals surface area contributed by atoms with E-state index in [1.165, 1.54) is 5.56 Å². The summed E-state index contributed by atoms with van der Waals surface area (Å²) >= 11 is 0. The predicted molar refractivity (Wildman–Crippen MR) is 71.2 cm³/mol. The van der Waals surface area contributed by atoms with Crippen LogP contribution in [0.3, 0.4) is 0 Å². The molecule has 0 fully saturated rings. The molecule has 0 saturated heterocycles. The smallest absolute Gasteiger partial charge is 0.234 e. The second kappa shape index (κ2) is 4.90. The molecule has 2 N–H and O–H groups in total. The molecule has 4 heteroatoms. The summed E-state index contributed by atoms with van der Waals surface area (Å²) in [7, 11) is 0. The maximum atomic E-state index is 5.79. The normalized spacial score (nSPS) is 14.4. The minimum absolute atomic E-state index is 0.241. The highest BCUT2D eigenvalue weighted by Gasteiger charge is 2.29. The SMILES string of the molecule is CCC(C)(CN)c1nc(-c2cccc(C)c2)no1. The topological polar surface area (TPSA) is 64.9 Å². The molecule has 96 valence electrons.